The van der Waals surface area contributed by atoms with Crippen molar-refractivity contribution in [1.29, 1.82) is 0 Å². The number of hydrogen-bond donors (Lipinski definition) is 0. The summed E-state index contributed by atoms with van der Waals surface area (Å²) in [6, 6.07) is 9.43. The number of pyridine rings is 1. The number of benzene rings is 1. The first kappa shape index (κ1) is 24.8. The number of aliphatic imine (C=N–C) groups is 1. The minimum absolute atomic E-state index is 0.0513. The third kappa shape index (κ3) is 7.95. The van der Waals surface area contributed by atoms with Gasteiger partial charge in [-0.2, -0.15) is 0 Å². The fourth-order valence-corrected chi connectivity index (χ4v) is 5.84. The molecule has 31 heavy (non-hydrogen) atoms. The molecule has 8 nitrogen and oxygen atoms in total. The van der Waals surface area contributed by atoms with Crippen molar-refractivity contribution < 1.29 is 18.2 Å². The summed E-state index contributed by atoms with van der Waals surface area (Å²) in [6.07, 6.45) is 6.59. The molecular formula is C22H31N3O5Si. The van der Waals surface area contributed by atoms with E-state index in [0.717, 1.165) is 23.1 Å². The van der Waals surface area contributed by atoms with E-state index in [9.17, 15) is 10.1 Å². The molecule has 0 radical (unpaired) electrons. The Morgan fingerprint density at radius 3 is 2.29 bits per heavy atom. The van der Waals surface area contributed by atoms with Crippen LogP contribution in [-0.2, 0) is 19.7 Å². The molecule has 168 valence electrons. The highest BCUT2D eigenvalue weighted by Crippen LogP contribution is 2.20. The molecule has 0 aliphatic heterocycles. The molecule has 0 aliphatic carbocycles. The summed E-state index contributed by atoms with van der Waals surface area (Å²) in [5.74, 6) is 0. The Hall–Kier alpha value is -2.46. The van der Waals surface area contributed by atoms with Gasteiger partial charge in [0.15, 0.2) is 0 Å². The summed E-state index contributed by atoms with van der Waals surface area (Å²) < 4.78 is 17.6. The predicted molar refractivity (Wildman–Crippen MR) is 123 cm³/mol. The Morgan fingerprint density at radius 2 is 1.71 bits per heavy atom. The topological polar surface area (TPSA) is 96.1 Å². The van der Waals surface area contributed by atoms with Gasteiger partial charge in [0.05, 0.1) is 4.92 Å². The van der Waals surface area contributed by atoms with Gasteiger partial charge < -0.3 is 13.3 Å². The number of nitro groups is 1. The molecule has 9 heteroatoms. The molecule has 2 rings (SSSR count). The van der Waals surface area contributed by atoms with Gasteiger partial charge >= 0.3 is 8.80 Å². The predicted octanol–water partition coefficient (Wildman–Crippen LogP) is 4.44. The molecule has 1 heterocycles. The van der Waals surface area contributed by atoms with Crippen molar-refractivity contribution in [3.63, 3.8) is 0 Å². The van der Waals surface area contributed by atoms with Gasteiger partial charge in [0.2, 0.25) is 0 Å². The molecule has 2 aromatic rings. The van der Waals surface area contributed by atoms with Crippen molar-refractivity contribution in [2.24, 2.45) is 4.99 Å². The van der Waals surface area contributed by atoms with Crippen LogP contribution in [0.3, 0.4) is 0 Å². The van der Waals surface area contributed by atoms with Crippen LogP contribution < -0.4 is 0 Å². The number of nitrogens with zero attached hydrogens (tertiary/aromatic N) is 3. The van der Waals surface area contributed by atoms with Crippen LogP contribution in [-0.4, -0.2) is 51.3 Å². The fourth-order valence-electron chi connectivity index (χ4n) is 3.25. The molecule has 0 saturated carbocycles. The molecule has 0 saturated heterocycles. The third-order valence-electron chi connectivity index (χ3n) is 4.58. The molecule has 0 aliphatic rings. The highest BCUT2D eigenvalue weighted by Gasteiger charge is 2.39. The first-order valence-electron chi connectivity index (χ1n) is 10.6. The van der Waals surface area contributed by atoms with Crippen LogP contribution in [0, 0.1) is 10.1 Å². The molecular weight excluding hydrogens is 414 g/mol. The monoisotopic (exact) mass is 445 g/mol. The van der Waals surface area contributed by atoms with Gasteiger partial charge in [-0.15, -0.1) is 0 Å². The lowest BCUT2D eigenvalue weighted by atomic mass is 10.0. The summed E-state index contributed by atoms with van der Waals surface area (Å²) in [5.41, 5.74) is 2.85. The summed E-state index contributed by atoms with van der Waals surface area (Å²) in [6.45, 7) is 7.99. The molecule has 0 spiro atoms. The Balaban J connectivity index is 2.09. The van der Waals surface area contributed by atoms with E-state index in [1.165, 1.54) is 6.07 Å². The summed E-state index contributed by atoms with van der Waals surface area (Å²) in [4.78, 5) is 19.4. The molecule has 0 unspecified atom stereocenters. The maximum absolute atomic E-state index is 11.2. The first-order valence-corrected chi connectivity index (χ1v) is 12.5. The van der Waals surface area contributed by atoms with E-state index in [2.05, 4.69) is 9.98 Å². The van der Waals surface area contributed by atoms with E-state index in [1.54, 1.807) is 30.7 Å². The summed E-state index contributed by atoms with van der Waals surface area (Å²) in [5, 5.41) is 11.2. The standard InChI is InChI=1S/C22H31N3O5Si/c1-4-28-31(29-5-2,30-6-3)15-7-12-24-18-21-17-22(25(26)27)9-8-20(21)16-19-10-13-23-14-11-19/h8-11,13-14,17-18H,4-7,12,15-16H2,1-3H3. The van der Waals surface area contributed by atoms with Gasteiger partial charge in [-0.25, -0.2) is 0 Å². The first-order chi connectivity index (χ1) is 15.0. The average molecular weight is 446 g/mol. The smallest absolute Gasteiger partial charge is 0.374 e. The Bertz CT molecular complexity index is 831. The lowest BCUT2D eigenvalue weighted by molar-refractivity contribution is -0.384. The van der Waals surface area contributed by atoms with Crippen molar-refractivity contribution in [2.75, 3.05) is 26.4 Å². The van der Waals surface area contributed by atoms with E-state index in [1.807, 2.05) is 32.9 Å². The zero-order valence-electron chi connectivity index (χ0n) is 18.5. The number of rotatable bonds is 14. The van der Waals surface area contributed by atoms with E-state index < -0.39 is 8.80 Å². The van der Waals surface area contributed by atoms with Gasteiger partial charge in [-0.05, 0) is 56.9 Å². The van der Waals surface area contributed by atoms with Crippen LogP contribution in [0.1, 0.15) is 43.9 Å². The Morgan fingerprint density at radius 1 is 1.06 bits per heavy atom. The van der Waals surface area contributed by atoms with Crippen LogP contribution in [0.25, 0.3) is 0 Å². The SMILES string of the molecule is CCO[Si](CCCN=Cc1cc([N+](=O)[O-])ccc1Cc1ccncc1)(OCC)OCC. The lowest BCUT2D eigenvalue weighted by Crippen LogP contribution is -2.46. The number of nitro benzene ring substituents is 1. The molecule has 0 bridgehead atoms. The lowest BCUT2D eigenvalue weighted by Gasteiger charge is -2.28. The summed E-state index contributed by atoms with van der Waals surface area (Å²) in [7, 11) is -2.68. The quantitative estimate of drug-likeness (QED) is 0.140. The van der Waals surface area contributed by atoms with E-state index in [4.69, 9.17) is 13.3 Å². The highest BCUT2D eigenvalue weighted by molar-refractivity contribution is 6.60. The zero-order chi connectivity index (χ0) is 22.5. The van der Waals surface area contributed by atoms with Crippen LogP contribution in [0.5, 0.6) is 0 Å². The summed E-state index contributed by atoms with van der Waals surface area (Å²) >= 11 is 0. The molecule has 0 amide bonds. The number of non-ortho nitro benzene ring substituents is 1. The second-order valence-electron chi connectivity index (χ2n) is 6.79. The normalized spacial score (nSPS) is 11.8. The van der Waals surface area contributed by atoms with Gasteiger partial charge in [0.1, 0.15) is 0 Å². The third-order valence-corrected chi connectivity index (χ3v) is 7.73. The van der Waals surface area contributed by atoms with Crippen molar-refractivity contribution in [3.8, 4) is 0 Å². The molecule has 0 N–H and O–H groups in total. The highest BCUT2D eigenvalue weighted by atomic mass is 28.4. The van der Waals surface area contributed by atoms with Crippen molar-refractivity contribution in [3.05, 3.63) is 69.5 Å². The largest absolute Gasteiger partial charge is 0.500 e. The van der Waals surface area contributed by atoms with Crippen molar-refractivity contribution in [2.45, 2.75) is 39.7 Å². The van der Waals surface area contributed by atoms with Crippen LogP contribution in [0.15, 0.2) is 47.7 Å². The van der Waals surface area contributed by atoms with Gasteiger partial charge in [-0.3, -0.25) is 20.1 Å². The van der Waals surface area contributed by atoms with E-state index >= 15 is 0 Å². The fraction of sp³-hybridized carbons (Fsp3) is 0.455. The molecule has 0 atom stereocenters. The van der Waals surface area contributed by atoms with Gasteiger partial charge in [-0.1, -0.05) is 6.07 Å². The van der Waals surface area contributed by atoms with Crippen LogP contribution in [0.2, 0.25) is 6.04 Å². The minimum atomic E-state index is -2.68. The van der Waals surface area contributed by atoms with Crippen molar-refractivity contribution >= 4 is 20.7 Å². The Labute approximate surface area is 184 Å². The molecule has 0 fully saturated rings. The average Bonchev–Trinajstić information content (AvgIpc) is 2.75. The Kier molecular flexibility index (Phi) is 10.4. The number of hydrogen-bond acceptors (Lipinski definition) is 7. The zero-order valence-corrected chi connectivity index (χ0v) is 19.5. The molecule has 1 aromatic carbocycles. The van der Waals surface area contributed by atoms with Gasteiger partial charge in [0.25, 0.3) is 5.69 Å². The van der Waals surface area contributed by atoms with Crippen LogP contribution >= 0.6 is 0 Å². The van der Waals surface area contributed by atoms with E-state index in [0.29, 0.717) is 38.8 Å². The maximum atomic E-state index is 11.2. The van der Waals surface area contributed by atoms with Crippen molar-refractivity contribution in [1.82, 2.24) is 4.98 Å². The van der Waals surface area contributed by atoms with Gasteiger partial charge in [0, 0.05) is 68.7 Å². The maximum Gasteiger partial charge on any atom is 0.500 e. The molecule has 1 aromatic heterocycles. The van der Waals surface area contributed by atoms with Crippen LogP contribution in [0.4, 0.5) is 5.69 Å². The second kappa shape index (κ2) is 13.1. The minimum Gasteiger partial charge on any atom is -0.374 e. The second-order valence-corrected chi connectivity index (χ2v) is 9.53. The van der Waals surface area contributed by atoms with E-state index in [-0.39, 0.29) is 10.6 Å². The number of aromatic nitrogens is 1.